The first kappa shape index (κ1) is 15.5. The fourth-order valence-electron chi connectivity index (χ4n) is 3.33. The molecule has 1 atom stereocenters. The lowest BCUT2D eigenvalue weighted by molar-refractivity contribution is 0.315. The van der Waals surface area contributed by atoms with Gasteiger partial charge in [0.1, 0.15) is 11.6 Å². The second-order valence-corrected chi connectivity index (χ2v) is 6.59. The maximum Gasteiger partial charge on any atom is 0.166 e. The summed E-state index contributed by atoms with van der Waals surface area (Å²) in [4.78, 5) is 0. The van der Waals surface area contributed by atoms with E-state index in [0.717, 1.165) is 24.2 Å². The van der Waals surface area contributed by atoms with E-state index >= 15 is 0 Å². The van der Waals surface area contributed by atoms with E-state index in [4.69, 9.17) is 17.0 Å². The number of nitrogens with one attached hydrogen (secondary N) is 2. The molecule has 0 bridgehead atoms. The Bertz CT molecular complexity index is 531. The Morgan fingerprint density at radius 3 is 2.73 bits per heavy atom. The molecule has 1 fully saturated rings. The molecule has 5 heteroatoms. The normalized spacial score (nSPS) is 22.1. The summed E-state index contributed by atoms with van der Waals surface area (Å²) in [6.07, 6.45) is 8.05. The molecule has 3 nitrogen and oxygen atoms in total. The molecule has 1 aliphatic heterocycles. The Morgan fingerprint density at radius 1 is 1.09 bits per heavy atom. The van der Waals surface area contributed by atoms with Crippen LogP contribution in [-0.4, -0.2) is 17.8 Å². The van der Waals surface area contributed by atoms with Gasteiger partial charge in [-0.25, -0.2) is 4.39 Å². The predicted octanol–water partition coefficient (Wildman–Crippen LogP) is 3.84. The zero-order chi connectivity index (χ0) is 15.4. The molecular formula is C17H23FN2OS. The topological polar surface area (TPSA) is 33.3 Å². The summed E-state index contributed by atoms with van der Waals surface area (Å²) in [7, 11) is 0. The molecule has 0 radical (unpaired) electrons. The summed E-state index contributed by atoms with van der Waals surface area (Å²) < 4.78 is 19.3. The second kappa shape index (κ2) is 7.27. The van der Waals surface area contributed by atoms with Crippen molar-refractivity contribution in [2.45, 2.75) is 57.0 Å². The van der Waals surface area contributed by atoms with Crippen LogP contribution < -0.4 is 15.4 Å². The number of fused-ring (bicyclic) bond motifs is 1. The van der Waals surface area contributed by atoms with Crippen LogP contribution in [0.4, 0.5) is 4.39 Å². The van der Waals surface area contributed by atoms with Crippen molar-refractivity contribution < 1.29 is 9.13 Å². The average Bonchev–Trinajstić information content (AvgIpc) is 2.71. The first-order valence-electron chi connectivity index (χ1n) is 8.21. The molecular weight excluding hydrogens is 299 g/mol. The molecule has 1 aromatic rings. The third-order valence-electron chi connectivity index (χ3n) is 4.49. The van der Waals surface area contributed by atoms with Gasteiger partial charge in [0.2, 0.25) is 0 Å². The number of halogens is 1. The lowest BCUT2D eigenvalue weighted by Crippen LogP contribution is -2.44. The predicted molar refractivity (Wildman–Crippen MR) is 89.6 cm³/mol. The molecule has 1 heterocycles. The van der Waals surface area contributed by atoms with Crippen molar-refractivity contribution in [3.05, 3.63) is 29.6 Å². The number of thiocarbonyl (C=S) groups is 1. The van der Waals surface area contributed by atoms with Gasteiger partial charge in [-0.3, -0.25) is 0 Å². The van der Waals surface area contributed by atoms with Gasteiger partial charge in [-0.2, -0.15) is 0 Å². The van der Waals surface area contributed by atoms with Gasteiger partial charge in [-0.1, -0.05) is 19.3 Å². The van der Waals surface area contributed by atoms with Crippen molar-refractivity contribution in [3.63, 3.8) is 0 Å². The summed E-state index contributed by atoms with van der Waals surface area (Å²) in [5.41, 5.74) is 0.866. The fourth-order valence-corrected chi connectivity index (χ4v) is 3.64. The molecule has 0 unspecified atom stereocenters. The summed E-state index contributed by atoms with van der Waals surface area (Å²) >= 11 is 5.46. The molecule has 1 aliphatic carbocycles. The largest absolute Gasteiger partial charge is 0.493 e. The third kappa shape index (κ3) is 3.88. The average molecular weight is 322 g/mol. The maximum atomic E-state index is 13.6. The van der Waals surface area contributed by atoms with Gasteiger partial charge in [0.05, 0.1) is 12.6 Å². The number of benzene rings is 1. The van der Waals surface area contributed by atoms with Gasteiger partial charge in [0.25, 0.3) is 0 Å². The molecule has 2 aliphatic rings. The Kier molecular flexibility index (Phi) is 5.13. The van der Waals surface area contributed by atoms with Crippen LogP contribution in [0.3, 0.4) is 0 Å². The Labute approximate surface area is 136 Å². The van der Waals surface area contributed by atoms with Crippen molar-refractivity contribution in [3.8, 4) is 5.75 Å². The van der Waals surface area contributed by atoms with Crippen LogP contribution in [0.1, 0.15) is 56.6 Å². The Morgan fingerprint density at radius 2 is 1.91 bits per heavy atom. The highest BCUT2D eigenvalue weighted by molar-refractivity contribution is 7.80. The molecule has 0 aromatic heterocycles. The van der Waals surface area contributed by atoms with E-state index in [-0.39, 0.29) is 11.9 Å². The van der Waals surface area contributed by atoms with Gasteiger partial charge < -0.3 is 15.4 Å². The summed E-state index contributed by atoms with van der Waals surface area (Å²) in [6, 6.07) is 5.20. The van der Waals surface area contributed by atoms with E-state index in [1.807, 2.05) is 0 Å². The summed E-state index contributed by atoms with van der Waals surface area (Å²) in [6.45, 7) is 0.666. The third-order valence-corrected chi connectivity index (χ3v) is 4.72. The smallest absolute Gasteiger partial charge is 0.166 e. The highest BCUT2D eigenvalue weighted by Gasteiger charge is 2.22. The van der Waals surface area contributed by atoms with Crippen molar-refractivity contribution in [2.24, 2.45) is 0 Å². The first-order chi connectivity index (χ1) is 10.7. The number of ether oxygens (including phenoxy) is 1. The van der Waals surface area contributed by atoms with Crippen molar-refractivity contribution in [1.82, 2.24) is 10.6 Å². The summed E-state index contributed by atoms with van der Waals surface area (Å²) in [5, 5.41) is 7.46. The minimum absolute atomic E-state index is 0.0109. The molecule has 3 rings (SSSR count). The fraction of sp³-hybridized carbons (Fsp3) is 0.588. The Hall–Kier alpha value is -1.36. The van der Waals surface area contributed by atoms with Crippen LogP contribution in [0, 0.1) is 5.82 Å². The number of rotatable bonds is 2. The molecule has 0 saturated heterocycles. The van der Waals surface area contributed by atoms with Crippen LogP contribution in [0.15, 0.2) is 18.2 Å². The lowest BCUT2D eigenvalue weighted by Gasteiger charge is -2.27. The molecule has 120 valence electrons. The molecule has 0 spiro atoms. The molecule has 22 heavy (non-hydrogen) atoms. The minimum atomic E-state index is -0.234. The Balaban J connectivity index is 1.66. The van der Waals surface area contributed by atoms with Crippen molar-refractivity contribution >= 4 is 17.3 Å². The van der Waals surface area contributed by atoms with Gasteiger partial charge in [0, 0.05) is 11.6 Å². The van der Waals surface area contributed by atoms with Crippen LogP contribution in [0.5, 0.6) is 5.75 Å². The van der Waals surface area contributed by atoms with E-state index in [1.54, 1.807) is 12.1 Å². The zero-order valence-corrected chi connectivity index (χ0v) is 13.6. The van der Waals surface area contributed by atoms with Crippen LogP contribution in [-0.2, 0) is 0 Å². The van der Waals surface area contributed by atoms with Crippen molar-refractivity contribution in [1.29, 1.82) is 0 Å². The standard InChI is InChI=1S/C17H23FN2OS/c18-12-8-9-16-14(11-12)15(7-4-10-21-16)20-17(22)19-13-5-2-1-3-6-13/h8-9,11,13,15H,1-7,10H2,(H2,19,20,22)/t15-/m1/s1. The lowest BCUT2D eigenvalue weighted by atomic mass is 9.96. The van der Waals surface area contributed by atoms with Crippen LogP contribution in [0.2, 0.25) is 0 Å². The van der Waals surface area contributed by atoms with Gasteiger partial charge in [-0.15, -0.1) is 0 Å². The minimum Gasteiger partial charge on any atom is -0.493 e. The van der Waals surface area contributed by atoms with E-state index in [9.17, 15) is 4.39 Å². The maximum absolute atomic E-state index is 13.6. The highest BCUT2D eigenvalue weighted by Crippen LogP contribution is 2.32. The zero-order valence-electron chi connectivity index (χ0n) is 12.7. The van der Waals surface area contributed by atoms with Crippen LogP contribution >= 0.6 is 12.2 Å². The van der Waals surface area contributed by atoms with Gasteiger partial charge >= 0.3 is 0 Å². The number of hydrogen-bond donors (Lipinski definition) is 2. The highest BCUT2D eigenvalue weighted by atomic mass is 32.1. The van der Waals surface area contributed by atoms with Crippen LogP contribution in [0.25, 0.3) is 0 Å². The monoisotopic (exact) mass is 322 g/mol. The number of hydrogen-bond acceptors (Lipinski definition) is 2. The van der Waals surface area contributed by atoms with Crippen molar-refractivity contribution in [2.75, 3.05) is 6.61 Å². The van der Waals surface area contributed by atoms with Gasteiger partial charge in [0.15, 0.2) is 5.11 Å². The summed E-state index contributed by atoms with van der Waals surface area (Å²) in [5.74, 6) is 0.527. The van der Waals surface area contributed by atoms with E-state index in [0.29, 0.717) is 17.8 Å². The molecule has 1 aromatic carbocycles. The molecule has 1 saturated carbocycles. The van der Waals surface area contributed by atoms with E-state index < -0.39 is 0 Å². The quantitative estimate of drug-likeness (QED) is 0.811. The second-order valence-electron chi connectivity index (χ2n) is 6.18. The molecule has 2 N–H and O–H groups in total. The molecule has 0 amide bonds. The first-order valence-corrected chi connectivity index (χ1v) is 8.62. The van der Waals surface area contributed by atoms with E-state index in [1.165, 1.54) is 38.2 Å². The van der Waals surface area contributed by atoms with Gasteiger partial charge in [-0.05, 0) is 56.1 Å². The van der Waals surface area contributed by atoms with E-state index in [2.05, 4.69) is 10.6 Å². The SMILES string of the molecule is Fc1ccc2c(c1)[C@H](NC(=S)NC1CCCCC1)CCCO2.